The van der Waals surface area contributed by atoms with Gasteiger partial charge in [0.2, 0.25) is 0 Å². The van der Waals surface area contributed by atoms with Crippen LogP contribution in [-0.2, 0) is 0 Å². The van der Waals surface area contributed by atoms with Crippen LogP contribution in [0.3, 0.4) is 0 Å². The molecule has 0 aromatic heterocycles. The minimum absolute atomic E-state index is 0.0299. The monoisotopic (exact) mass is 277 g/mol. The average Bonchev–Trinajstić information content (AvgIpc) is 2.26. The van der Waals surface area contributed by atoms with Gasteiger partial charge in [-0.2, -0.15) is 13.2 Å². The Morgan fingerprint density at radius 2 is 1.95 bits per heavy atom. The summed E-state index contributed by atoms with van der Waals surface area (Å²) in [4.78, 5) is 12.5. The van der Waals surface area contributed by atoms with E-state index < -0.39 is 24.3 Å². The molecule has 0 aliphatic heterocycles. The second-order valence-corrected chi connectivity index (χ2v) is 4.25. The van der Waals surface area contributed by atoms with Crippen LogP contribution in [0, 0.1) is 5.82 Å². The third-order valence-electron chi connectivity index (χ3n) is 2.54. The highest BCUT2D eigenvalue weighted by molar-refractivity contribution is 5.99. The zero-order valence-electron chi connectivity index (χ0n) is 10.7. The van der Waals surface area contributed by atoms with Crippen LogP contribution in [0.5, 0.6) is 0 Å². The lowest BCUT2D eigenvalue weighted by Crippen LogP contribution is -2.35. The molecule has 0 N–H and O–H groups in total. The van der Waals surface area contributed by atoms with Crippen LogP contribution in [0.1, 0.15) is 30.6 Å². The molecule has 0 bridgehead atoms. The number of halogens is 4. The minimum atomic E-state index is -4.38. The fourth-order valence-electron chi connectivity index (χ4n) is 1.84. The predicted molar refractivity (Wildman–Crippen MR) is 65.0 cm³/mol. The van der Waals surface area contributed by atoms with Gasteiger partial charge in [0.15, 0.2) is 5.78 Å². The van der Waals surface area contributed by atoms with Crippen molar-refractivity contribution in [1.29, 1.82) is 0 Å². The van der Waals surface area contributed by atoms with Gasteiger partial charge in [0, 0.05) is 17.8 Å². The Hall–Kier alpha value is -1.59. The summed E-state index contributed by atoms with van der Waals surface area (Å²) in [7, 11) is 0. The second-order valence-electron chi connectivity index (χ2n) is 4.25. The summed E-state index contributed by atoms with van der Waals surface area (Å²) in [6, 6.07) is 3.24. The SMILES string of the molecule is CCCN(CC(F)(F)F)c1ccc(F)cc1C(C)=O. The number of carbonyl (C=O) groups is 1. The third kappa shape index (κ3) is 4.54. The zero-order chi connectivity index (χ0) is 14.6. The van der Waals surface area contributed by atoms with Crippen molar-refractivity contribution >= 4 is 11.5 Å². The Bertz CT molecular complexity index is 456. The fraction of sp³-hybridized carbons (Fsp3) is 0.462. The van der Waals surface area contributed by atoms with Crippen LogP contribution >= 0.6 is 0 Å². The van der Waals surface area contributed by atoms with Gasteiger partial charge >= 0.3 is 6.18 Å². The van der Waals surface area contributed by atoms with Crippen molar-refractivity contribution in [2.24, 2.45) is 0 Å². The van der Waals surface area contributed by atoms with Crippen molar-refractivity contribution in [1.82, 2.24) is 0 Å². The number of benzene rings is 1. The molecule has 0 heterocycles. The quantitative estimate of drug-likeness (QED) is 0.602. The number of anilines is 1. The lowest BCUT2D eigenvalue weighted by molar-refractivity contribution is -0.119. The minimum Gasteiger partial charge on any atom is -0.362 e. The topological polar surface area (TPSA) is 20.3 Å². The Labute approximate surface area is 109 Å². The number of Topliss-reactive ketones (excluding diaryl/α,β-unsaturated/α-hetero) is 1. The smallest absolute Gasteiger partial charge is 0.362 e. The summed E-state index contributed by atoms with van der Waals surface area (Å²) in [6.45, 7) is 1.93. The van der Waals surface area contributed by atoms with E-state index >= 15 is 0 Å². The number of hydrogen-bond acceptors (Lipinski definition) is 2. The normalized spacial score (nSPS) is 11.5. The molecule has 0 spiro atoms. The van der Waals surface area contributed by atoms with Crippen LogP contribution in [-0.4, -0.2) is 25.0 Å². The first-order chi connectivity index (χ1) is 8.74. The maximum absolute atomic E-state index is 13.1. The van der Waals surface area contributed by atoms with E-state index in [0.29, 0.717) is 6.42 Å². The molecule has 2 nitrogen and oxygen atoms in total. The van der Waals surface area contributed by atoms with Gasteiger partial charge in [0.25, 0.3) is 0 Å². The molecule has 0 atom stereocenters. The molecular weight excluding hydrogens is 262 g/mol. The number of nitrogens with zero attached hydrogens (tertiary/aromatic N) is 1. The molecular formula is C13H15F4NO. The number of ketones is 1. The van der Waals surface area contributed by atoms with E-state index in [1.165, 1.54) is 13.0 Å². The molecule has 1 rings (SSSR count). The summed E-state index contributed by atoms with van der Waals surface area (Å²) < 4.78 is 50.7. The highest BCUT2D eigenvalue weighted by atomic mass is 19.4. The number of rotatable bonds is 5. The van der Waals surface area contributed by atoms with Crippen LogP contribution in [0.15, 0.2) is 18.2 Å². The van der Waals surface area contributed by atoms with E-state index in [9.17, 15) is 22.4 Å². The maximum Gasteiger partial charge on any atom is 0.405 e. The summed E-state index contributed by atoms with van der Waals surface area (Å²) in [6.07, 6.45) is -3.89. The van der Waals surface area contributed by atoms with Crippen molar-refractivity contribution in [3.63, 3.8) is 0 Å². The molecule has 0 amide bonds. The summed E-state index contributed by atoms with van der Waals surface area (Å²) in [5.41, 5.74) is 0.0887. The van der Waals surface area contributed by atoms with E-state index in [4.69, 9.17) is 0 Å². The molecule has 0 saturated carbocycles. The molecule has 0 aliphatic rings. The van der Waals surface area contributed by atoms with Gasteiger partial charge in [0.1, 0.15) is 12.4 Å². The van der Waals surface area contributed by atoms with Crippen LogP contribution < -0.4 is 4.90 Å². The summed E-state index contributed by atoms with van der Waals surface area (Å²) in [5, 5.41) is 0. The van der Waals surface area contributed by atoms with Crippen LogP contribution in [0.4, 0.5) is 23.2 Å². The molecule has 1 aromatic rings. The van der Waals surface area contributed by atoms with E-state index in [1.807, 2.05) is 0 Å². The van der Waals surface area contributed by atoms with E-state index in [2.05, 4.69) is 0 Å². The highest BCUT2D eigenvalue weighted by Gasteiger charge is 2.31. The van der Waals surface area contributed by atoms with Gasteiger partial charge in [0.05, 0.1) is 0 Å². The molecule has 0 aliphatic carbocycles. The van der Waals surface area contributed by atoms with Gasteiger partial charge in [-0.3, -0.25) is 4.79 Å². The van der Waals surface area contributed by atoms with E-state index in [1.54, 1.807) is 6.92 Å². The molecule has 0 unspecified atom stereocenters. The first-order valence-corrected chi connectivity index (χ1v) is 5.86. The number of hydrogen-bond donors (Lipinski definition) is 0. The standard InChI is InChI=1S/C13H15F4NO/c1-3-6-18(8-13(15,16)17)12-5-4-10(14)7-11(12)9(2)19/h4-5,7H,3,6,8H2,1-2H3. The molecule has 6 heteroatoms. The second kappa shape index (κ2) is 6.04. The first-order valence-electron chi connectivity index (χ1n) is 5.86. The molecule has 19 heavy (non-hydrogen) atoms. The zero-order valence-corrected chi connectivity index (χ0v) is 10.7. The molecule has 0 saturated heterocycles. The van der Waals surface area contributed by atoms with E-state index in [0.717, 1.165) is 17.0 Å². The predicted octanol–water partition coefficient (Wildman–Crippen LogP) is 3.81. The fourth-order valence-corrected chi connectivity index (χ4v) is 1.84. The summed E-state index contributed by atoms with van der Waals surface area (Å²) >= 11 is 0. The maximum atomic E-state index is 13.1. The Balaban J connectivity index is 3.18. The van der Waals surface area contributed by atoms with Crippen molar-refractivity contribution < 1.29 is 22.4 Å². The molecule has 0 fully saturated rings. The Morgan fingerprint density at radius 1 is 1.32 bits per heavy atom. The van der Waals surface area contributed by atoms with E-state index in [-0.39, 0.29) is 17.8 Å². The van der Waals surface area contributed by atoms with Gasteiger partial charge in [-0.25, -0.2) is 4.39 Å². The highest BCUT2D eigenvalue weighted by Crippen LogP contribution is 2.26. The lowest BCUT2D eigenvalue weighted by Gasteiger charge is -2.27. The third-order valence-corrected chi connectivity index (χ3v) is 2.54. The van der Waals surface area contributed by atoms with Crippen LogP contribution in [0.2, 0.25) is 0 Å². The van der Waals surface area contributed by atoms with Gasteiger partial charge in [-0.15, -0.1) is 0 Å². The van der Waals surface area contributed by atoms with Crippen molar-refractivity contribution in [3.8, 4) is 0 Å². The first kappa shape index (κ1) is 15.5. The van der Waals surface area contributed by atoms with Crippen molar-refractivity contribution in [2.75, 3.05) is 18.0 Å². The Morgan fingerprint density at radius 3 is 2.42 bits per heavy atom. The Kier molecular flexibility index (Phi) is 4.91. The number of alkyl halides is 3. The van der Waals surface area contributed by atoms with Gasteiger partial charge < -0.3 is 4.90 Å². The largest absolute Gasteiger partial charge is 0.405 e. The molecule has 1 aromatic carbocycles. The van der Waals surface area contributed by atoms with Crippen LogP contribution in [0.25, 0.3) is 0 Å². The molecule has 106 valence electrons. The lowest BCUT2D eigenvalue weighted by atomic mass is 10.1. The number of carbonyl (C=O) groups excluding carboxylic acids is 1. The molecule has 0 radical (unpaired) electrons. The van der Waals surface area contributed by atoms with Crippen molar-refractivity contribution in [2.45, 2.75) is 26.4 Å². The van der Waals surface area contributed by atoms with Gasteiger partial charge in [-0.05, 0) is 31.5 Å². The summed E-state index contributed by atoms with van der Waals surface area (Å²) in [5.74, 6) is -1.10. The van der Waals surface area contributed by atoms with Gasteiger partial charge in [-0.1, -0.05) is 6.92 Å². The van der Waals surface area contributed by atoms with Crippen molar-refractivity contribution in [3.05, 3.63) is 29.6 Å². The average molecular weight is 277 g/mol.